The van der Waals surface area contributed by atoms with Gasteiger partial charge in [0.2, 0.25) is 5.13 Å². The Morgan fingerprint density at radius 2 is 2.00 bits per heavy atom. The van der Waals surface area contributed by atoms with E-state index in [0.717, 1.165) is 0 Å². The zero-order chi connectivity index (χ0) is 13.4. The van der Waals surface area contributed by atoms with E-state index in [1.54, 1.807) is 23.0 Å². The molecule has 96 valence electrons. The SMILES string of the molecule is Nc1nnc(-c2ccn(-c3ccc(F)cc3N)n2)s1. The zero-order valence-corrected chi connectivity index (χ0v) is 10.4. The Bertz CT molecular complexity index is 734. The summed E-state index contributed by atoms with van der Waals surface area (Å²) in [7, 11) is 0. The first-order valence-corrected chi connectivity index (χ1v) is 6.15. The highest BCUT2D eigenvalue weighted by molar-refractivity contribution is 7.18. The summed E-state index contributed by atoms with van der Waals surface area (Å²) in [5, 5.41) is 13.0. The second-order valence-electron chi connectivity index (χ2n) is 3.79. The molecule has 0 atom stereocenters. The molecule has 4 N–H and O–H groups in total. The van der Waals surface area contributed by atoms with Crippen molar-refractivity contribution in [3.8, 4) is 16.4 Å². The van der Waals surface area contributed by atoms with Crippen LogP contribution in [0, 0.1) is 5.82 Å². The van der Waals surface area contributed by atoms with E-state index >= 15 is 0 Å². The number of hydrogen-bond acceptors (Lipinski definition) is 6. The molecule has 3 rings (SSSR count). The van der Waals surface area contributed by atoms with Crippen LogP contribution < -0.4 is 11.5 Å². The van der Waals surface area contributed by atoms with Gasteiger partial charge in [0, 0.05) is 6.20 Å². The van der Waals surface area contributed by atoms with Crippen molar-refractivity contribution in [3.05, 3.63) is 36.3 Å². The summed E-state index contributed by atoms with van der Waals surface area (Å²) in [6.07, 6.45) is 1.72. The van der Waals surface area contributed by atoms with Gasteiger partial charge in [0.05, 0.1) is 11.4 Å². The Morgan fingerprint density at radius 1 is 1.16 bits per heavy atom. The molecule has 0 amide bonds. The van der Waals surface area contributed by atoms with Gasteiger partial charge in [-0.25, -0.2) is 9.07 Å². The number of nitrogen functional groups attached to an aromatic ring is 2. The van der Waals surface area contributed by atoms with Crippen molar-refractivity contribution >= 4 is 22.2 Å². The highest BCUT2D eigenvalue weighted by atomic mass is 32.1. The van der Waals surface area contributed by atoms with Crippen LogP contribution in [0.15, 0.2) is 30.5 Å². The van der Waals surface area contributed by atoms with Crippen LogP contribution in [-0.4, -0.2) is 20.0 Å². The van der Waals surface area contributed by atoms with Crippen molar-refractivity contribution in [2.24, 2.45) is 0 Å². The molecular weight excluding hydrogens is 267 g/mol. The minimum atomic E-state index is -0.384. The zero-order valence-electron chi connectivity index (χ0n) is 9.62. The minimum Gasteiger partial charge on any atom is -0.397 e. The van der Waals surface area contributed by atoms with Crippen LogP contribution >= 0.6 is 11.3 Å². The first-order chi connectivity index (χ1) is 9.13. The molecule has 3 aromatic rings. The van der Waals surface area contributed by atoms with Gasteiger partial charge in [-0.05, 0) is 24.3 Å². The summed E-state index contributed by atoms with van der Waals surface area (Å²) in [4.78, 5) is 0. The third-order valence-electron chi connectivity index (χ3n) is 2.49. The molecule has 0 aliphatic heterocycles. The average Bonchev–Trinajstić information content (AvgIpc) is 2.97. The highest BCUT2D eigenvalue weighted by Gasteiger charge is 2.10. The fraction of sp³-hybridized carbons (Fsp3) is 0. The maximum atomic E-state index is 13.0. The van der Waals surface area contributed by atoms with Gasteiger partial charge in [0.25, 0.3) is 0 Å². The number of nitrogens with two attached hydrogens (primary N) is 2. The van der Waals surface area contributed by atoms with Gasteiger partial charge in [-0.1, -0.05) is 11.3 Å². The fourth-order valence-corrected chi connectivity index (χ4v) is 2.22. The van der Waals surface area contributed by atoms with E-state index in [1.807, 2.05) is 0 Å². The van der Waals surface area contributed by atoms with Gasteiger partial charge in [-0.3, -0.25) is 0 Å². The maximum absolute atomic E-state index is 13.0. The maximum Gasteiger partial charge on any atom is 0.203 e. The van der Waals surface area contributed by atoms with Crippen LogP contribution in [0.3, 0.4) is 0 Å². The summed E-state index contributed by atoms with van der Waals surface area (Å²) in [5.74, 6) is -0.384. The molecule has 0 unspecified atom stereocenters. The summed E-state index contributed by atoms with van der Waals surface area (Å²) in [6, 6.07) is 5.91. The fourth-order valence-electron chi connectivity index (χ4n) is 1.64. The van der Waals surface area contributed by atoms with Gasteiger partial charge in [0.1, 0.15) is 11.5 Å². The van der Waals surface area contributed by atoms with Crippen LogP contribution in [0.25, 0.3) is 16.4 Å². The number of halogens is 1. The Labute approximate surface area is 111 Å². The molecule has 2 aromatic heterocycles. The van der Waals surface area contributed by atoms with E-state index < -0.39 is 0 Å². The number of hydrogen-bond donors (Lipinski definition) is 2. The molecule has 19 heavy (non-hydrogen) atoms. The van der Waals surface area contributed by atoms with E-state index in [9.17, 15) is 4.39 Å². The molecule has 8 heteroatoms. The molecule has 0 radical (unpaired) electrons. The molecular formula is C11H9FN6S. The van der Waals surface area contributed by atoms with Crippen molar-refractivity contribution < 1.29 is 4.39 Å². The quantitative estimate of drug-likeness (QED) is 0.694. The Kier molecular flexibility index (Phi) is 2.64. The predicted octanol–water partition coefficient (Wildman–Crippen LogP) is 1.69. The molecule has 0 saturated heterocycles. The minimum absolute atomic E-state index is 0.312. The van der Waals surface area contributed by atoms with Gasteiger partial charge in [-0.15, -0.1) is 10.2 Å². The standard InChI is InChI=1S/C11H9FN6S/c12-6-1-2-9(7(13)5-6)18-4-3-8(17-18)10-15-16-11(14)19-10/h1-5H,13H2,(H2,14,16). The normalized spacial score (nSPS) is 10.8. The van der Waals surface area contributed by atoms with Crippen molar-refractivity contribution in [1.29, 1.82) is 0 Å². The lowest BCUT2D eigenvalue weighted by Gasteiger charge is -2.04. The first kappa shape index (κ1) is 11.6. The van der Waals surface area contributed by atoms with Crippen molar-refractivity contribution in [2.45, 2.75) is 0 Å². The Balaban J connectivity index is 2.01. The average molecular weight is 276 g/mol. The molecule has 0 saturated carbocycles. The monoisotopic (exact) mass is 276 g/mol. The number of aromatic nitrogens is 4. The molecule has 0 bridgehead atoms. The Hall–Kier alpha value is -2.48. The second kappa shape index (κ2) is 4.32. The topological polar surface area (TPSA) is 95.6 Å². The first-order valence-electron chi connectivity index (χ1n) is 5.34. The van der Waals surface area contributed by atoms with E-state index in [-0.39, 0.29) is 5.82 Å². The van der Waals surface area contributed by atoms with Gasteiger partial charge < -0.3 is 11.5 Å². The molecule has 0 fully saturated rings. The lowest BCUT2D eigenvalue weighted by atomic mass is 10.2. The van der Waals surface area contributed by atoms with Gasteiger partial charge >= 0.3 is 0 Å². The van der Waals surface area contributed by atoms with E-state index in [4.69, 9.17) is 11.5 Å². The Morgan fingerprint density at radius 3 is 2.68 bits per heavy atom. The van der Waals surface area contributed by atoms with E-state index in [0.29, 0.717) is 27.2 Å². The van der Waals surface area contributed by atoms with E-state index in [1.165, 1.54) is 23.5 Å². The van der Waals surface area contributed by atoms with Crippen LogP contribution in [0.4, 0.5) is 15.2 Å². The van der Waals surface area contributed by atoms with Crippen LogP contribution in [0.2, 0.25) is 0 Å². The molecule has 2 heterocycles. The van der Waals surface area contributed by atoms with Crippen LogP contribution in [-0.2, 0) is 0 Å². The van der Waals surface area contributed by atoms with Crippen molar-refractivity contribution in [2.75, 3.05) is 11.5 Å². The number of rotatable bonds is 2. The van der Waals surface area contributed by atoms with Crippen molar-refractivity contribution in [1.82, 2.24) is 20.0 Å². The number of anilines is 2. The smallest absolute Gasteiger partial charge is 0.203 e. The van der Waals surface area contributed by atoms with Crippen molar-refractivity contribution in [3.63, 3.8) is 0 Å². The molecule has 0 spiro atoms. The third-order valence-corrected chi connectivity index (χ3v) is 3.26. The molecule has 1 aromatic carbocycles. The van der Waals surface area contributed by atoms with E-state index in [2.05, 4.69) is 15.3 Å². The van der Waals surface area contributed by atoms with Gasteiger partial charge in [0.15, 0.2) is 5.01 Å². The highest BCUT2D eigenvalue weighted by Crippen LogP contribution is 2.25. The predicted molar refractivity (Wildman–Crippen MR) is 71.2 cm³/mol. The summed E-state index contributed by atoms with van der Waals surface area (Å²) in [5.41, 5.74) is 12.8. The molecule has 0 aliphatic rings. The lowest BCUT2D eigenvalue weighted by molar-refractivity contribution is 0.628. The largest absolute Gasteiger partial charge is 0.397 e. The van der Waals surface area contributed by atoms with Crippen LogP contribution in [0.1, 0.15) is 0 Å². The third kappa shape index (κ3) is 2.13. The second-order valence-corrected chi connectivity index (χ2v) is 4.80. The number of benzene rings is 1. The lowest BCUT2D eigenvalue weighted by Crippen LogP contribution is -2.00. The summed E-state index contributed by atoms with van der Waals surface area (Å²) >= 11 is 1.24. The number of nitrogens with zero attached hydrogens (tertiary/aromatic N) is 4. The van der Waals surface area contributed by atoms with Gasteiger partial charge in [-0.2, -0.15) is 5.10 Å². The summed E-state index contributed by atoms with van der Waals surface area (Å²) in [6.45, 7) is 0. The summed E-state index contributed by atoms with van der Waals surface area (Å²) < 4.78 is 14.6. The molecule has 0 aliphatic carbocycles. The molecule has 6 nitrogen and oxygen atoms in total. The van der Waals surface area contributed by atoms with Crippen LogP contribution in [0.5, 0.6) is 0 Å².